The van der Waals surface area contributed by atoms with Crippen molar-refractivity contribution in [2.75, 3.05) is 11.6 Å². The van der Waals surface area contributed by atoms with Gasteiger partial charge in [-0.1, -0.05) is 30.0 Å². The van der Waals surface area contributed by atoms with Crippen molar-refractivity contribution in [1.29, 1.82) is 0 Å². The maximum Gasteiger partial charge on any atom is 0.276 e. The molecule has 2 heterocycles. The van der Waals surface area contributed by atoms with E-state index in [-0.39, 0.29) is 12.3 Å². The predicted octanol–water partition coefficient (Wildman–Crippen LogP) is 3.86. The van der Waals surface area contributed by atoms with Crippen LogP contribution in [-0.4, -0.2) is 27.3 Å². The highest BCUT2D eigenvalue weighted by Gasteiger charge is 2.11. The number of amides is 1. The molecule has 0 fully saturated rings. The molecule has 0 radical (unpaired) electrons. The van der Waals surface area contributed by atoms with Crippen LogP contribution in [0.4, 0.5) is 5.69 Å². The Morgan fingerprint density at radius 1 is 1.24 bits per heavy atom. The first kappa shape index (κ1) is 18.0. The first-order valence-corrected chi connectivity index (χ1v) is 10.7. The monoisotopic (exact) mass is 392 g/mol. The van der Waals surface area contributed by atoms with Crippen molar-refractivity contribution in [2.24, 2.45) is 0 Å². The van der Waals surface area contributed by atoms with E-state index in [1.165, 1.54) is 23.1 Å². The lowest BCUT2D eigenvalue weighted by atomic mass is 10.3. The minimum atomic E-state index is -0.0710. The third kappa shape index (κ3) is 5.58. The smallest absolute Gasteiger partial charge is 0.276 e. The summed E-state index contributed by atoms with van der Waals surface area (Å²) in [5.74, 6) is 1.91. The molecular formula is C16H16N4O2S3. The van der Waals surface area contributed by atoms with Crippen LogP contribution in [0.25, 0.3) is 0 Å². The van der Waals surface area contributed by atoms with Crippen molar-refractivity contribution in [3.63, 3.8) is 0 Å². The summed E-state index contributed by atoms with van der Waals surface area (Å²) in [7, 11) is 0. The fourth-order valence-electron chi connectivity index (χ4n) is 1.97. The molecule has 1 amide bonds. The topological polar surface area (TPSA) is 80.9 Å². The molecule has 0 unspecified atom stereocenters. The molecular weight excluding hydrogens is 376 g/mol. The standard InChI is InChI=1S/C16H16N4O2S3/c1-23-10-14-19-20-16(22-14)25-9-12-8-24-15(18-12)7-13(21)17-11-5-3-2-4-6-11/h2-6,8H,7,9-10H2,1H3,(H,17,21). The van der Waals surface area contributed by atoms with Crippen LogP contribution in [0.3, 0.4) is 0 Å². The van der Waals surface area contributed by atoms with Gasteiger partial charge in [0.15, 0.2) is 0 Å². The Morgan fingerprint density at radius 2 is 2.08 bits per heavy atom. The number of carbonyl (C=O) groups excluding carboxylic acids is 1. The van der Waals surface area contributed by atoms with Crippen molar-refractivity contribution in [3.05, 3.63) is 52.3 Å². The molecule has 9 heteroatoms. The van der Waals surface area contributed by atoms with Gasteiger partial charge in [-0.15, -0.1) is 21.5 Å². The summed E-state index contributed by atoms with van der Waals surface area (Å²) in [6.45, 7) is 0. The highest BCUT2D eigenvalue weighted by Crippen LogP contribution is 2.23. The zero-order valence-electron chi connectivity index (χ0n) is 13.5. The van der Waals surface area contributed by atoms with Crippen molar-refractivity contribution in [3.8, 4) is 0 Å². The molecule has 3 aromatic rings. The highest BCUT2D eigenvalue weighted by atomic mass is 32.2. The van der Waals surface area contributed by atoms with Crippen molar-refractivity contribution in [2.45, 2.75) is 23.1 Å². The van der Waals surface area contributed by atoms with Crippen LogP contribution in [0.5, 0.6) is 0 Å². The first-order chi connectivity index (χ1) is 12.2. The molecule has 0 aliphatic carbocycles. The van der Waals surface area contributed by atoms with E-state index in [1.54, 1.807) is 11.8 Å². The number of aromatic nitrogens is 3. The summed E-state index contributed by atoms with van der Waals surface area (Å²) in [5.41, 5.74) is 1.69. The lowest BCUT2D eigenvalue weighted by Gasteiger charge is -2.02. The summed E-state index contributed by atoms with van der Waals surface area (Å²) in [6, 6.07) is 9.40. The van der Waals surface area contributed by atoms with E-state index in [0.717, 1.165) is 16.4 Å². The molecule has 0 saturated heterocycles. The van der Waals surface area contributed by atoms with Crippen LogP contribution in [0.1, 0.15) is 16.6 Å². The summed E-state index contributed by atoms with van der Waals surface area (Å²) in [5, 5.41) is 14.1. The van der Waals surface area contributed by atoms with Gasteiger partial charge in [-0.3, -0.25) is 4.79 Å². The second-order valence-electron chi connectivity index (χ2n) is 5.01. The van der Waals surface area contributed by atoms with E-state index in [0.29, 0.717) is 22.6 Å². The van der Waals surface area contributed by atoms with Gasteiger partial charge in [-0.2, -0.15) is 11.8 Å². The Morgan fingerprint density at radius 3 is 2.88 bits per heavy atom. The van der Waals surface area contributed by atoms with Gasteiger partial charge in [0.05, 0.1) is 17.9 Å². The molecule has 2 aromatic heterocycles. The van der Waals surface area contributed by atoms with Gasteiger partial charge in [0.25, 0.3) is 5.22 Å². The van der Waals surface area contributed by atoms with Gasteiger partial charge in [0, 0.05) is 16.8 Å². The number of anilines is 1. The van der Waals surface area contributed by atoms with E-state index in [4.69, 9.17) is 4.42 Å². The minimum absolute atomic E-state index is 0.0710. The number of nitrogens with zero attached hydrogens (tertiary/aromatic N) is 3. The Hall–Kier alpha value is -1.84. The number of benzene rings is 1. The molecule has 0 aliphatic heterocycles. The zero-order chi connectivity index (χ0) is 17.5. The fraction of sp³-hybridized carbons (Fsp3) is 0.250. The summed E-state index contributed by atoms with van der Waals surface area (Å²) < 4.78 is 5.51. The lowest BCUT2D eigenvalue weighted by Crippen LogP contribution is -2.14. The van der Waals surface area contributed by atoms with Crippen LogP contribution in [0, 0.1) is 0 Å². The van der Waals surface area contributed by atoms with Gasteiger partial charge in [0.1, 0.15) is 5.01 Å². The number of nitrogens with one attached hydrogen (secondary N) is 1. The molecule has 0 bridgehead atoms. The first-order valence-electron chi connectivity index (χ1n) is 7.45. The Balaban J connectivity index is 1.49. The molecule has 1 aromatic carbocycles. The van der Waals surface area contributed by atoms with Crippen molar-refractivity contribution < 1.29 is 9.21 Å². The Bertz CT molecular complexity index is 820. The number of para-hydroxylation sites is 1. The number of carbonyl (C=O) groups is 1. The normalized spacial score (nSPS) is 10.8. The van der Waals surface area contributed by atoms with E-state index >= 15 is 0 Å². The molecule has 6 nitrogen and oxygen atoms in total. The third-order valence-electron chi connectivity index (χ3n) is 3.03. The number of thioether (sulfide) groups is 2. The molecule has 0 atom stereocenters. The number of hydrogen-bond acceptors (Lipinski definition) is 8. The number of thiazole rings is 1. The average molecular weight is 393 g/mol. The number of rotatable bonds is 8. The largest absolute Gasteiger partial charge is 0.415 e. The second-order valence-corrected chi connectivity index (χ2v) is 7.74. The quantitative estimate of drug-likeness (QED) is 0.583. The van der Waals surface area contributed by atoms with E-state index in [1.807, 2.05) is 42.0 Å². The summed E-state index contributed by atoms with van der Waals surface area (Å²) in [6.07, 6.45) is 2.25. The van der Waals surface area contributed by atoms with E-state index in [2.05, 4.69) is 20.5 Å². The molecule has 130 valence electrons. The molecule has 0 aliphatic rings. The average Bonchev–Trinajstić information content (AvgIpc) is 3.23. The van der Waals surface area contributed by atoms with Gasteiger partial charge in [-0.05, 0) is 18.4 Å². The highest BCUT2D eigenvalue weighted by molar-refractivity contribution is 7.98. The molecule has 0 saturated carbocycles. The van der Waals surface area contributed by atoms with Gasteiger partial charge >= 0.3 is 0 Å². The second kappa shape index (κ2) is 9.02. The van der Waals surface area contributed by atoms with Gasteiger partial charge in [-0.25, -0.2) is 4.98 Å². The summed E-state index contributed by atoms with van der Waals surface area (Å²) in [4.78, 5) is 16.5. The van der Waals surface area contributed by atoms with Gasteiger partial charge < -0.3 is 9.73 Å². The van der Waals surface area contributed by atoms with Crippen LogP contribution in [0.15, 0.2) is 45.4 Å². The molecule has 3 rings (SSSR count). The van der Waals surface area contributed by atoms with E-state index < -0.39 is 0 Å². The van der Waals surface area contributed by atoms with Crippen molar-refractivity contribution >= 4 is 46.5 Å². The predicted molar refractivity (Wildman–Crippen MR) is 102 cm³/mol. The molecule has 1 N–H and O–H groups in total. The minimum Gasteiger partial charge on any atom is -0.415 e. The maximum absolute atomic E-state index is 12.0. The Labute approximate surface area is 157 Å². The fourth-order valence-corrected chi connectivity index (χ4v) is 3.91. The zero-order valence-corrected chi connectivity index (χ0v) is 15.9. The summed E-state index contributed by atoms with van der Waals surface area (Å²) >= 11 is 4.57. The number of hydrogen-bond donors (Lipinski definition) is 1. The van der Waals surface area contributed by atoms with Crippen LogP contribution < -0.4 is 5.32 Å². The van der Waals surface area contributed by atoms with Gasteiger partial charge in [0.2, 0.25) is 11.8 Å². The van der Waals surface area contributed by atoms with Crippen LogP contribution in [0.2, 0.25) is 0 Å². The van der Waals surface area contributed by atoms with Crippen molar-refractivity contribution in [1.82, 2.24) is 15.2 Å². The Kier molecular flexibility index (Phi) is 6.48. The van der Waals surface area contributed by atoms with Crippen LogP contribution in [-0.2, 0) is 22.7 Å². The molecule has 25 heavy (non-hydrogen) atoms. The SMILES string of the molecule is CSCc1nnc(SCc2csc(CC(=O)Nc3ccccc3)n2)o1. The third-order valence-corrected chi connectivity index (χ3v) is 5.31. The molecule has 0 spiro atoms. The maximum atomic E-state index is 12.0. The van der Waals surface area contributed by atoms with Crippen LogP contribution >= 0.6 is 34.9 Å². The lowest BCUT2D eigenvalue weighted by molar-refractivity contribution is -0.115. The van der Waals surface area contributed by atoms with E-state index in [9.17, 15) is 4.79 Å².